The van der Waals surface area contributed by atoms with E-state index in [4.69, 9.17) is 0 Å². The van der Waals surface area contributed by atoms with Gasteiger partial charge in [0, 0.05) is 11.1 Å². The summed E-state index contributed by atoms with van der Waals surface area (Å²) in [5, 5.41) is 0. The summed E-state index contributed by atoms with van der Waals surface area (Å²) in [5.74, 6) is -0.0406. The number of hydrogen-bond donors (Lipinski definition) is 0. The van der Waals surface area contributed by atoms with E-state index in [1.54, 1.807) is 0 Å². The van der Waals surface area contributed by atoms with E-state index in [9.17, 15) is 4.79 Å². The Morgan fingerprint density at radius 3 is 1.86 bits per heavy atom. The summed E-state index contributed by atoms with van der Waals surface area (Å²) < 4.78 is 0. The summed E-state index contributed by atoms with van der Waals surface area (Å²) in [6.45, 7) is 8.52. The largest absolute Gasteiger partial charge is 0.287 e. The molecule has 1 aromatic heterocycles. The van der Waals surface area contributed by atoms with E-state index in [-0.39, 0.29) is 5.78 Å². The predicted octanol–water partition coefficient (Wildman–Crippen LogP) is 1.13. The van der Waals surface area contributed by atoms with E-state index < -0.39 is 0 Å². The molecule has 1 aliphatic carbocycles. The molecule has 2 aliphatic rings. The fourth-order valence-electron chi connectivity index (χ4n) is 3.14. The molecule has 0 spiro atoms. The molecule has 0 amide bonds. The molecule has 2 aromatic rings. The molecule has 0 saturated carbocycles. The summed E-state index contributed by atoms with van der Waals surface area (Å²) in [6.07, 6.45) is 0. The van der Waals surface area contributed by atoms with Gasteiger partial charge in [-0.2, -0.15) is 0 Å². The highest BCUT2D eigenvalue weighted by atomic mass is 16.1. The number of benzene rings is 1. The fraction of sp³-hybridized carbons (Fsp3) is 0.312. The number of aromatic nitrogens is 2. The van der Waals surface area contributed by atoms with Crippen molar-refractivity contribution >= 4 is 5.78 Å². The molecule has 0 saturated heterocycles. The van der Waals surface area contributed by atoms with E-state index in [1.807, 2.05) is 13.8 Å². The summed E-state index contributed by atoms with van der Waals surface area (Å²) in [4.78, 5) is 30.1. The Morgan fingerprint density at radius 2 is 1.24 bits per heavy atom. The first-order chi connectivity index (χ1) is 10.0. The first-order valence-corrected chi connectivity index (χ1v) is 6.93. The third-order valence-electron chi connectivity index (χ3n) is 4.67. The van der Waals surface area contributed by atoms with Gasteiger partial charge in [0.25, 0.3) is 0 Å². The van der Waals surface area contributed by atoms with E-state index >= 15 is 0 Å². The molecule has 0 N–H and O–H groups in total. The number of hydrogen-bond acceptors (Lipinski definition) is 5. The minimum Gasteiger partial charge on any atom is -0.287 e. The molecule has 0 radical (unpaired) electrons. The quantitative estimate of drug-likeness (QED) is 0.619. The molecule has 0 bridgehead atoms. The Balaban J connectivity index is 2.20. The van der Waals surface area contributed by atoms with Crippen molar-refractivity contribution in [3.05, 3.63) is 44.5 Å². The van der Waals surface area contributed by atoms with Crippen molar-refractivity contribution in [3.63, 3.8) is 0 Å². The van der Waals surface area contributed by atoms with Gasteiger partial charge in [-0.15, -0.1) is 0 Å². The maximum absolute atomic E-state index is 12.7. The maximum atomic E-state index is 12.7. The topological polar surface area (TPSA) is 67.6 Å². The van der Waals surface area contributed by atoms with Gasteiger partial charge in [0.15, 0.2) is 11.0 Å². The second-order valence-corrected chi connectivity index (χ2v) is 5.60. The van der Waals surface area contributed by atoms with Crippen LogP contribution in [0.1, 0.15) is 38.3 Å². The zero-order valence-electron chi connectivity index (χ0n) is 12.4. The molecular weight excluding hydrogens is 264 g/mol. The lowest BCUT2D eigenvalue weighted by atomic mass is 9.90. The smallest absolute Gasteiger partial charge is 0.214 e. The first-order valence-electron chi connectivity index (χ1n) is 6.93. The van der Waals surface area contributed by atoms with Crippen LogP contribution in [0.25, 0.3) is 11.3 Å². The van der Waals surface area contributed by atoms with Gasteiger partial charge in [-0.05, 0) is 49.9 Å². The van der Waals surface area contributed by atoms with Gasteiger partial charge in [-0.25, -0.2) is 20.0 Å². The standard InChI is InChI=1S/C16H14N4O/c1-6-7(2)9(4)11-10(8(6)3)12-13(14(11)21)20-16-15(19-12)17-5-18-16/h5H2,1-4H3. The zero-order chi connectivity index (χ0) is 14.9. The highest BCUT2D eigenvalue weighted by Gasteiger charge is 2.34. The van der Waals surface area contributed by atoms with Crippen molar-refractivity contribution in [2.45, 2.75) is 27.7 Å². The monoisotopic (exact) mass is 278 g/mol. The molecular formula is C16H14N4O. The number of fused-ring (bicyclic) bond motifs is 4. The average Bonchev–Trinajstić information content (AvgIpc) is 3.03. The van der Waals surface area contributed by atoms with Gasteiger partial charge >= 0.3 is 0 Å². The van der Waals surface area contributed by atoms with Crippen LogP contribution in [0.3, 0.4) is 0 Å². The molecule has 4 rings (SSSR count). The zero-order valence-corrected chi connectivity index (χ0v) is 12.4. The highest BCUT2D eigenvalue weighted by Crippen LogP contribution is 2.40. The Bertz CT molecular complexity index is 973. The van der Waals surface area contributed by atoms with Gasteiger partial charge in [-0.1, -0.05) is 0 Å². The summed E-state index contributed by atoms with van der Waals surface area (Å²) >= 11 is 0. The van der Waals surface area contributed by atoms with Gasteiger partial charge < -0.3 is 0 Å². The van der Waals surface area contributed by atoms with Crippen LogP contribution in [0.2, 0.25) is 0 Å². The minimum atomic E-state index is -0.0406. The van der Waals surface area contributed by atoms with Crippen LogP contribution in [-0.4, -0.2) is 22.4 Å². The lowest BCUT2D eigenvalue weighted by molar-refractivity contribution is 0.103. The number of rotatable bonds is 0. The third-order valence-corrected chi connectivity index (χ3v) is 4.67. The lowest BCUT2D eigenvalue weighted by Gasteiger charge is -2.14. The van der Waals surface area contributed by atoms with Crippen molar-refractivity contribution in [2.75, 3.05) is 6.67 Å². The van der Waals surface area contributed by atoms with Gasteiger partial charge in [0.2, 0.25) is 5.78 Å². The second-order valence-electron chi connectivity index (χ2n) is 5.60. The van der Waals surface area contributed by atoms with E-state index in [1.165, 1.54) is 5.56 Å². The molecule has 0 unspecified atom stereocenters. The second kappa shape index (κ2) is 3.81. The number of carbonyl (C=O) groups is 1. The van der Waals surface area contributed by atoms with Crippen LogP contribution < -0.4 is 11.0 Å². The molecule has 5 nitrogen and oxygen atoms in total. The molecule has 104 valence electrons. The number of carbonyl (C=O) groups excluding carboxylic acids is 1. The minimum absolute atomic E-state index is 0.0406. The number of nitrogens with zero attached hydrogens (tertiary/aromatic N) is 4. The van der Waals surface area contributed by atoms with Crippen LogP contribution >= 0.6 is 0 Å². The van der Waals surface area contributed by atoms with Crippen LogP contribution in [0.15, 0.2) is 9.98 Å². The average molecular weight is 278 g/mol. The van der Waals surface area contributed by atoms with Crippen LogP contribution in [-0.2, 0) is 0 Å². The first kappa shape index (κ1) is 12.3. The lowest BCUT2D eigenvalue weighted by Crippen LogP contribution is -2.31. The Hall–Kier alpha value is -2.43. The number of ketones is 1. The third kappa shape index (κ3) is 1.38. The van der Waals surface area contributed by atoms with Crippen LogP contribution in [0, 0.1) is 27.7 Å². The van der Waals surface area contributed by atoms with Crippen LogP contribution in [0.5, 0.6) is 0 Å². The van der Waals surface area contributed by atoms with E-state index in [0.717, 1.165) is 27.8 Å². The molecule has 0 atom stereocenters. The Kier molecular flexibility index (Phi) is 2.24. The molecule has 2 heterocycles. The van der Waals surface area contributed by atoms with Crippen molar-refractivity contribution in [3.8, 4) is 11.3 Å². The predicted molar refractivity (Wildman–Crippen MR) is 77.0 cm³/mol. The van der Waals surface area contributed by atoms with Gasteiger partial charge in [0.05, 0.1) is 0 Å². The van der Waals surface area contributed by atoms with Crippen LogP contribution in [0.4, 0.5) is 0 Å². The Morgan fingerprint density at radius 1 is 0.714 bits per heavy atom. The summed E-state index contributed by atoms with van der Waals surface area (Å²) in [5.41, 5.74) is 8.27. The normalized spacial score (nSPS) is 14.4. The van der Waals surface area contributed by atoms with E-state index in [2.05, 4.69) is 33.8 Å². The summed E-state index contributed by atoms with van der Waals surface area (Å²) in [6, 6.07) is 0. The van der Waals surface area contributed by atoms with Crippen molar-refractivity contribution in [2.24, 2.45) is 9.98 Å². The Labute approximate surface area is 121 Å². The van der Waals surface area contributed by atoms with Gasteiger partial charge in [0.1, 0.15) is 18.1 Å². The molecule has 1 aliphatic heterocycles. The maximum Gasteiger partial charge on any atom is 0.214 e. The fourth-order valence-corrected chi connectivity index (χ4v) is 3.14. The van der Waals surface area contributed by atoms with Crippen molar-refractivity contribution < 1.29 is 4.79 Å². The molecule has 5 heteroatoms. The molecule has 21 heavy (non-hydrogen) atoms. The van der Waals surface area contributed by atoms with Crippen molar-refractivity contribution in [1.82, 2.24) is 9.97 Å². The SMILES string of the molecule is Cc1c(C)c(C)c2c(c1C)C(=O)c1nc3c(nc1-2)=NCN=3. The van der Waals surface area contributed by atoms with Crippen molar-refractivity contribution in [1.29, 1.82) is 0 Å². The molecule has 1 aromatic carbocycles. The molecule has 0 fully saturated rings. The van der Waals surface area contributed by atoms with E-state index in [0.29, 0.717) is 29.0 Å². The highest BCUT2D eigenvalue weighted by molar-refractivity contribution is 6.21. The van der Waals surface area contributed by atoms with Gasteiger partial charge in [-0.3, -0.25) is 4.79 Å². The summed E-state index contributed by atoms with van der Waals surface area (Å²) in [7, 11) is 0.